The van der Waals surface area contributed by atoms with Gasteiger partial charge in [0, 0.05) is 31.2 Å². The van der Waals surface area contributed by atoms with E-state index in [0.29, 0.717) is 12.1 Å². The first kappa shape index (κ1) is 17.6. The molecule has 1 saturated heterocycles. The van der Waals surface area contributed by atoms with Crippen LogP contribution in [0.3, 0.4) is 0 Å². The molecule has 1 N–H and O–H groups in total. The molecule has 1 aliphatic rings. The molecule has 0 unspecified atom stereocenters. The summed E-state index contributed by atoms with van der Waals surface area (Å²) in [7, 11) is -3.43. The summed E-state index contributed by atoms with van der Waals surface area (Å²) in [4.78, 5) is 14.7. The molecule has 1 aliphatic heterocycles. The van der Waals surface area contributed by atoms with Crippen LogP contribution in [0.5, 0.6) is 0 Å². The Labute approximate surface area is 148 Å². The van der Waals surface area contributed by atoms with Crippen molar-refractivity contribution in [2.75, 3.05) is 19.6 Å². The van der Waals surface area contributed by atoms with Crippen LogP contribution in [0.1, 0.15) is 22.8 Å². The van der Waals surface area contributed by atoms with E-state index in [1.165, 1.54) is 12.1 Å². The molecule has 0 bridgehead atoms. The van der Waals surface area contributed by atoms with Gasteiger partial charge in [0.15, 0.2) is 9.84 Å². The summed E-state index contributed by atoms with van der Waals surface area (Å²) in [5.74, 6) is -0.100. The molecule has 2 aromatic rings. The van der Waals surface area contributed by atoms with Gasteiger partial charge in [-0.05, 0) is 36.8 Å². The third-order valence-electron chi connectivity index (χ3n) is 4.42. The van der Waals surface area contributed by atoms with E-state index in [1.807, 2.05) is 30.0 Å². The molecule has 2 aromatic carbocycles. The minimum atomic E-state index is -3.43. The molecule has 3 rings (SSSR count). The van der Waals surface area contributed by atoms with Gasteiger partial charge in [-0.15, -0.1) is 0 Å². The third kappa shape index (κ3) is 4.08. The highest BCUT2D eigenvalue weighted by Gasteiger charge is 2.24. The molecule has 0 radical (unpaired) electrons. The fourth-order valence-corrected chi connectivity index (χ4v) is 4.34. The summed E-state index contributed by atoms with van der Waals surface area (Å²) in [6, 6.07) is 15.5. The molecule has 1 heterocycles. The molecule has 1 amide bonds. The van der Waals surface area contributed by atoms with Gasteiger partial charge in [-0.1, -0.05) is 30.3 Å². The first-order valence-electron chi connectivity index (χ1n) is 8.36. The van der Waals surface area contributed by atoms with E-state index >= 15 is 0 Å². The number of carbonyl (C=O) groups is 1. The first-order valence-corrected chi connectivity index (χ1v) is 10.0. The lowest BCUT2D eigenvalue weighted by atomic mass is 10.1. The maximum absolute atomic E-state index is 12.6. The first-order chi connectivity index (χ1) is 12.0. The van der Waals surface area contributed by atoms with Gasteiger partial charge >= 0.3 is 0 Å². The average Bonchev–Trinajstić information content (AvgIpc) is 2.62. The number of nitrogens with one attached hydrogen (secondary N) is 1. The molecule has 132 valence electrons. The summed E-state index contributed by atoms with van der Waals surface area (Å²) in [5, 5.41) is 3.25. The number of rotatable bonds is 4. The number of sulfone groups is 1. The fourth-order valence-electron chi connectivity index (χ4n) is 2.99. The number of hydrogen-bond donors (Lipinski definition) is 1. The minimum Gasteiger partial charge on any atom is -0.333 e. The molecule has 0 saturated carbocycles. The van der Waals surface area contributed by atoms with Crippen LogP contribution in [0.4, 0.5) is 0 Å². The predicted octanol–water partition coefficient (Wildman–Crippen LogP) is 2.09. The summed E-state index contributed by atoms with van der Waals surface area (Å²) in [5.41, 5.74) is 1.27. The largest absolute Gasteiger partial charge is 0.333 e. The zero-order valence-corrected chi connectivity index (χ0v) is 15.0. The predicted molar refractivity (Wildman–Crippen MR) is 97.1 cm³/mol. The second-order valence-electron chi connectivity index (χ2n) is 6.32. The molecule has 25 heavy (non-hydrogen) atoms. The van der Waals surface area contributed by atoms with Gasteiger partial charge in [0.25, 0.3) is 5.91 Å². The Balaban J connectivity index is 1.76. The van der Waals surface area contributed by atoms with E-state index in [-0.39, 0.29) is 22.6 Å². The average molecular weight is 358 g/mol. The normalized spacial score (nSPS) is 18.1. The fraction of sp³-hybridized carbons (Fsp3) is 0.316. The molecular formula is C19H22N2O3S. The maximum atomic E-state index is 12.6. The van der Waals surface area contributed by atoms with Gasteiger partial charge in [0.2, 0.25) is 0 Å². The van der Waals surface area contributed by atoms with Crippen LogP contribution < -0.4 is 5.32 Å². The van der Waals surface area contributed by atoms with Crippen molar-refractivity contribution < 1.29 is 13.2 Å². The molecule has 0 aromatic heterocycles. The Bertz CT molecular complexity index is 833. The van der Waals surface area contributed by atoms with Crippen LogP contribution in [0, 0.1) is 0 Å². The molecular weight excluding hydrogens is 336 g/mol. The monoisotopic (exact) mass is 358 g/mol. The second kappa shape index (κ2) is 7.37. The highest BCUT2D eigenvalue weighted by atomic mass is 32.2. The molecule has 0 aliphatic carbocycles. The Kier molecular flexibility index (Phi) is 5.20. The SMILES string of the molecule is C[C@H]1CNCCN1C(=O)c1ccc(S(=O)(=O)Cc2ccccc2)cc1. The van der Waals surface area contributed by atoms with E-state index in [1.54, 1.807) is 24.3 Å². The van der Waals surface area contributed by atoms with Crippen molar-refractivity contribution in [2.24, 2.45) is 0 Å². The van der Waals surface area contributed by atoms with Gasteiger partial charge in [-0.2, -0.15) is 0 Å². The van der Waals surface area contributed by atoms with Crippen LogP contribution in [0.2, 0.25) is 0 Å². The van der Waals surface area contributed by atoms with Gasteiger partial charge in [0.1, 0.15) is 0 Å². The quantitative estimate of drug-likeness (QED) is 0.909. The van der Waals surface area contributed by atoms with Gasteiger partial charge in [0.05, 0.1) is 10.6 Å². The lowest BCUT2D eigenvalue weighted by molar-refractivity contribution is 0.0655. The summed E-state index contributed by atoms with van der Waals surface area (Å²) in [6.07, 6.45) is 0. The third-order valence-corrected chi connectivity index (χ3v) is 6.13. The lowest BCUT2D eigenvalue weighted by Gasteiger charge is -2.34. The van der Waals surface area contributed by atoms with Gasteiger partial charge in [-0.25, -0.2) is 8.42 Å². The van der Waals surface area contributed by atoms with Crippen molar-refractivity contribution in [3.8, 4) is 0 Å². The van der Waals surface area contributed by atoms with Gasteiger partial charge < -0.3 is 10.2 Å². The number of nitrogens with zero attached hydrogens (tertiary/aromatic N) is 1. The van der Waals surface area contributed by atoms with Crippen molar-refractivity contribution in [3.05, 3.63) is 65.7 Å². The van der Waals surface area contributed by atoms with Crippen LogP contribution in [0.15, 0.2) is 59.5 Å². The van der Waals surface area contributed by atoms with E-state index in [0.717, 1.165) is 18.7 Å². The van der Waals surface area contributed by atoms with Crippen molar-refractivity contribution >= 4 is 15.7 Å². The van der Waals surface area contributed by atoms with Crippen LogP contribution in [0.25, 0.3) is 0 Å². The molecule has 0 spiro atoms. The Morgan fingerprint density at radius 2 is 1.80 bits per heavy atom. The van der Waals surface area contributed by atoms with E-state index < -0.39 is 9.84 Å². The lowest BCUT2D eigenvalue weighted by Crippen LogP contribution is -2.52. The highest BCUT2D eigenvalue weighted by Crippen LogP contribution is 2.18. The van der Waals surface area contributed by atoms with Crippen molar-refractivity contribution in [2.45, 2.75) is 23.6 Å². The minimum absolute atomic E-state index is 0.0457. The van der Waals surface area contributed by atoms with E-state index in [4.69, 9.17) is 0 Å². The molecule has 5 nitrogen and oxygen atoms in total. The number of hydrogen-bond acceptors (Lipinski definition) is 4. The zero-order valence-electron chi connectivity index (χ0n) is 14.2. The summed E-state index contributed by atoms with van der Waals surface area (Å²) < 4.78 is 25.1. The Morgan fingerprint density at radius 1 is 1.12 bits per heavy atom. The second-order valence-corrected chi connectivity index (χ2v) is 8.31. The van der Waals surface area contributed by atoms with E-state index in [2.05, 4.69) is 5.32 Å². The maximum Gasteiger partial charge on any atom is 0.254 e. The Morgan fingerprint density at radius 3 is 2.44 bits per heavy atom. The zero-order chi connectivity index (χ0) is 17.9. The topological polar surface area (TPSA) is 66.5 Å². The molecule has 1 atom stereocenters. The number of piperazine rings is 1. The molecule has 1 fully saturated rings. The van der Waals surface area contributed by atoms with Crippen molar-refractivity contribution in [1.29, 1.82) is 0 Å². The standard InChI is InChI=1S/C19H22N2O3S/c1-15-13-20-11-12-21(15)19(22)17-7-9-18(10-8-17)25(23,24)14-16-5-3-2-4-6-16/h2-10,15,20H,11-14H2,1H3/t15-/m0/s1. The van der Waals surface area contributed by atoms with Gasteiger partial charge in [-0.3, -0.25) is 4.79 Å². The highest BCUT2D eigenvalue weighted by molar-refractivity contribution is 7.90. The number of amides is 1. The van der Waals surface area contributed by atoms with Crippen LogP contribution in [-0.2, 0) is 15.6 Å². The van der Waals surface area contributed by atoms with Crippen LogP contribution >= 0.6 is 0 Å². The van der Waals surface area contributed by atoms with Crippen LogP contribution in [-0.4, -0.2) is 44.9 Å². The van der Waals surface area contributed by atoms with Crippen molar-refractivity contribution in [1.82, 2.24) is 10.2 Å². The Hall–Kier alpha value is -2.18. The summed E-state index contributed by atoms with van der Waals surface area (Å²) in [6.45, 7) is 4.21. The summed E-state index contributed by atoms with van der Waals surface area (Å²) >= 11 is 0. The van der Waals surface area contributed by atoms with Crippen molar-refractivity contribution in [3.63, 3.8) is 0 Å². The van der Waals surface area contributed by atoms with E-state index in [9.17, 15) is 13.2 Å². The smallest absolute Gasteiger partial charge is 0.254 e. The molecule has 6 heteroatoms. The number of carbonyl (C=O) groups excluding carboxylic acids is 1. The number of benzene rings is 2.